The number of carbonyl (C=O) groups excluding carboxylic acids is 13. The van der Waals surface area contributed by atoms with Crippen LogP contribution in [0.1, 0.15) is 111 Å². The molecule has 7 aliphatic heterocycles. The monoisotopic (exact) mass is 1890 g/mol. The highest BCUT2D eigenvalue weighted by Crippen LogP contribution is 2.34. The lowest BCUT2D eigenvalue weighted by atomic mass is 9.89. The maximum Gasteiger partial charge on any atom is 0.409 e. The molecule has 6 aromatic carbocycles. The van der Waals surface area contributed by atoms with Gasteiger partial charge >= 0.3 is 6.09 Å². The van der Waals surface area contributed by atoms with Gasteiger partial charge in [0, 0.05) is 89.0 Å². The van der Waals surface area contributed by atoms with Crippen LogP contribution < -0.4 is 56.6 Å². The summed E-state index contributed by atoms with van der Waals surface area (Å²) in [5, 5.41) is 17.2. The zero-order valence-corrected chi connectivity index (χ0v) is 80.3. The number of ether oxygens (including phenoxy) is 10. The number of nitrogens with two attached hydrogens (primary N) is 1. The highest BCUT2D eigenvalue weighted by Gasteiger charge is 2.53. The molecule has 7 heterocycles. The molecule has 13 rings (SSSR count). The molecule has 0 bridgehead atoms. The van der Waals surface area contributed by atoms with Gasteiger partial charge in [-0.3, -0.25) is 77.2 Å². The van der Waals surface area contributed by atoms with Crippen molar-refractivity contribution in [2.75, 3.05) is 154 Å². The van der Waals surface area contributed by atoms with E-state index in [1.54, 1.807) is 124 Å². The van der Waals surface area contributed by atoms with Gasteiger partial charge in [0.1, 0.15) is 39.8 Å². The van der Waals surface area contributed by atoms with Crippen molar-refractivity contribution in [2.24, 2.45) is 28.5 Å². The molecule has 35 heteroatoms. The van der Waals surface area contributed by atoms with Crippen molar-refractivity contribution in [2.45, 2.75) is 165 Å². The van der Waals surface area contributed by atoms with E-state index in [9.17, 15) is 62.3 Å². The van der Waals surface area contributed by atoms with Gasteiger partial charge in [0.25, 0.3) is 0 Å². The first-order valence-electron chi connectivity index (χ1n) is 46.7. The number of fused-ring (bicyclic) bond motifs is 1. The van der Waals surface area contributed by atoms with Gasteiger partial charge in [-0.15, -0.1) is 0 Å². The van der Waals surface area contributed by atoms with Crippen molar-refractivity contribution in [3.8, 4) is 23.0 Å². The molecule has 7 aliphatic rings. The predicted molar refractivity (Wildman–Crippen MR) is 507 cm³/mol. The number of amides is 7. The molecule has 12 atom stereocenters. The van der Waals surface area contributed by atoms with Crippen LogP contribution in [0.5, 0.6) is 23.0 Å². The van der Waals surface area contributed by atoms with Crippen LogP contribution in [0.25, 0.3) is 0 Å². The van der Waals surface area contributed by atoms with Crippen LogP contribution in [-0.4, -0.2) is 309 Å². The number of carbonyl (C=O) groups is 13. The number of primary amides is 1. The first kappa shape index (κ1) is 106. The smallest absolute Gasteiger partial charge is 0.409 e. The third-order valence-corrected chi connectivity index (χ3v) is 25.3. The third kappa shape index (κ3) is 33.2. The number of Topliss-reactive ketones (excluding diaryl/α,β-unsaturated/α-hetero) is 6. The fourth-order valence-electron chi connectivity index (χ4n) is 16.5. The molecule has 6 aromatic rings. The van der Waals surface area contributed by atoms with Crippen LogP contribution in [0.15, 0.2) is 145 Å². The van der Waals surface area contributed by atoms with Crippen molar-refractivity contribution in [1.29, 1.82) is 0 Å². The van der Waals surface area contributed by atoms with Crippen LogP contribution >= 0.6 is 0 Å². The number of ketones is 6. The highest BCUT2D eigenvalue weighted by molar-refractivity contribution is 6.01. The second-order valence-electron chi connectivity index (χ2n) is 36.9. The Labute approximate surface area is 800 Å². The summed E-state index contributed by atoms with van der Waals surface area (Å²) in [5.74, 6) is -3.76. The van der Waals surface area contributed by atoms with Gasteiger partial charge in [-0.2, -0.15) is 0 Å². The van der Waals surface area contributed by atoms with Gasteiger partial charge in [-0.05, 0) is 199 Å². The topological polar surface area (TPSA) is 448 Å². The molecule has 0 unspecified atom stereocenters. The van der Waals surface area contributed by atoms with Gasteiger partial charge in [0.05, 0.1) is 143 Å². The Bertz CT molecular complexity index is 5160. The number of nitrogens with zero attached hydrogens (tertiary/aromatic N) is 5. The summed E-state index contributed by atoms with van der Waals surface area (Å²) in [4.78, 5) is 184. The van der Waals surface area contributed by atoms with Crippen molar-refractivity contribution in [3.05, 3.63) is 190 Å². The lowest BCUT2D eigenvalue weighted by Crippen LogP contribution is -2.50. The Kier molecular flexibility index (Phi) is 38.9. The molecule has 0 saturated carbocycles. The molecule has 137 heavy (non-hydrogen) atoms. The fraction of sp³-hybridized carbons (Fsp3) is 0.510. The Hall–Kier alpha value is -11.9. The second-order valence-corrected chi connectivity index (χ2v) is 36.9. The zero-order valence-electron chi connectivity index (χ0n) is 80.3. The number of nitrogens with one attached hydrogen (secondary N) is 6. The summed E-state index contributed by atoms with van der Waals surface area (Å²) in [6.07, 6.45) is 1.94. The summed E-state index contributed by atoms with van der Waals surface area (Å²) in [7, 11) is 8.71. The Morgan fingerprint density at radius 1 is 0.394 bits per heavy atom. The Morgan fingerprint density at radius 2 is 0.672 bits per heavy atom. The number of epoxide rings is 3. The quantitative estimate of drug-likeness (QED) is 0.0255. The SMILES string of the molecule is COc1ccc(C[C@H](CC(=O)[C@H](C)NC(=O)CN2CCOCC2)C(=O)N[C@@H](Cc2ccc(CN(C)C)cc2)C(=O)[C@@]2(C)CO2)cc1.COc1ccc(C[C@H](CC(=O)[C@H](C)NC(=O)CN2CCOCC2)C(=O)N[C@@H](Cc2ccc(OC(N)=O)cc2)C(=O)[C@@]2(C)CO2)cc1.COc1ccc(C[C@H](CC(=O)[C@H](C)NC(=O)CN2CCOCC2)C(=O)N[C@@H](Cc2ccc3c(c2)C=NC3)C(=O)[C@@]2(C)CO2)cc1. The van der Waals surface area contributed by atoms with E-state index in [-0.39, 0.29) is 136 Å². The number of rotatable bonds is 48. The van der Waals surface area contributed by atoms with Crippen molar-refractivity contribution in [1.82, 2.24) is 51.5 Å². The van der Waals surface area contributed by atoms with E-state index in [0.29, 0.717) is 128 Å². The van der Waals surface area contributed by atoms with Crippen LogP contribution in [0.3, 0.4) is 0 Å². The molecule has 7 amide bonds. The lowest BCUT2D eigenvalue weighted by Gasteiger charge is -2.27. The van der Waals surface area contributed by atoms with Crippen molar-refractivity contribution >= 4 is 82.5 Å². The van der Waals surface area contributed by atoms with Gasteiger partial charge in [-0.25, -0.2) is 4.79 Å². The van der Waals surface area contributed by atoms with Crippen molar-refractivity contribution < 1.29 is 110 Å². The van der Waals surface area contributed by atoms with E-state index >= 15 is 0 Å². The van der Waals surface area contributed by atoms with E-state index in [1.807, 2.05) is 114 Å². The molecule has 0 aromatic heterocycles. The first-order chi connectivity index (χ1) is 65.5. The molecular weight excluding hydrogens is 1760 g/mol. The van der Waals surface area contributed by atoms with Crippen molar-refractivity contribution in [3.63, 3.8) is 0 Å². The van der Waals surface area contributed by atoms with Crippen LogP contribution in [0.4, 0.5) is 4.79 Å². The molecule has 0 radical (unpaired) electrons. The highest BCUT2D eigenvalue weighted by atomic mass is 16.6. The number of morpholine rings is 3. The predicted octanol–water partition coefficient (Wildman–Crippen LogP) is 4.66. The maximum atomic E-state index is 13.9. The lowest BCUT2D eigenvalue weighted by molar-refractivity contribution is -0.134. The maximum absolute atomic E-state index is 13.9. The third-order valence-electron chi connectivity index (χ3n) is 25.3. The molecular formula is C102H132N12O23. The van der Waals surface area contributed by atoms with Crippen LogP contribution in [-0.2, 0) is 138 Å². The standard InChI is InChI=1S/C35H48N4O7.C34H42N4O7.C33H42N4O9/c1-24(36-32(41)22-39-14-16-45-17-15-39)31(40)20-28(18-25-10-12-29(44-5)13-11-25)34(43)37-30(33(42)35(2)23-46-35)19-26-6-8-27(9-7-26)21-38(3)4;1-22(36-31(40)20-38-10-12-44-13-11-38)30(39)17-26(14-23-5-8-28(43-3)9-6-23)33(42)37-29(32(41)34(2)21-45-34)16-24-4-7-25-18-35-19-27(25)15-24;1-21(35-29(39)19-37-12-14-44-15-13-37)28(38)18-24(16-22-4-8-25(43-3)9-5-22)31(41)36-27(30(40)33(2)20-45-33)17-23-6-10-26(11-7-23)46-32(34)42/h6-13,24,28,30H,14-23H2,1-5H3,(H,36,41)(H,37,43);4-9,15,19,22,26,29H,10-14,16-18,20-21H2,1-3H3,(H,36,40)(H,37,42);4-11,21,24,27H,12-20H2,1-3H3,(H2,34,42)(H,35,39)(H,36,41)/t24-,28+,30-,35+;22-,26+,29-,34+;21-,24+,27-,33+/m000/s1. The van der Waals surface area contributed by atoms with E-state index < -0.39 is 94.6 Å². The summed E-state index contributed by atoms with van der Waals surface area (Å²) in [6.45, 7) is 20.0. The molecule has 35 nitrogen and oxygen atoms in total. The molecule has 0 aliphatic carbocycles. The minimum absolute atomic E-state index is 0.106. The van der Waals surface area contributed by atoms with Crippen LogP contribution in [0, 0.1) is 17.8 Å². The van der Waals surface area contributed by atoms with Gasteiger partial charge in [-0.1, -0.05) is 84.9 Å². The molecule has 0 spiro atoms. The average Bonchev–Trinajstić information content (AvgIpc) is 1.66. The fourth-order valence-corrected chi connectivity index (χ4v) is 16.5. The largest absolute Gasteiger partial charge is 0.497 e. The minimum atomic E-state index is -1.02. The van der Waals surface area contributed by atoms with E-state index in [4.69, 9.17) is 53.1 Å². The Morgan fingerprint density at radius 3 is 0.964 bits per heavy atom. The summed E-state index contributed by atoms with van der Waals surface area (Å²) >= 11 is 0. The van der Waals surface area contributed by atoms with Crippen LogP contribution in [0.2, 0.25) is 0 Å². The van der Waals surface area contributed by atoms with E-state index in [2.05, 4.69) is 41.8 Å². The van der Waals surface area contributed by atoms with Gasteiger partial charge < -0.3 is 89.9 Å². The minimum Gasteiger partial charge on any atom is -0.497 e. The van der Waals surface area contributed by atoms with Gasteiger partial charge in [0.2, 0.25) is 35.4 Å². The number of hydrogen-bond donors (Lipinski definition) is 7. The number of hydrogen-bond acceptors (Lipinski definition) is 28. The normalized spacial score (nSPS) is 20.1. The average molecular weight is 1890 g/mol. The first-order valence-corrected chi connectivity index (χ1v) is 46.7. The van der Waals surface area contributed by atoms with E-state index in [0.717, 1.165) is 51.1 Å². The van der Waals surface area contributed by atoms with E-state index in [1.165, 1.54) is 0 Å². The second kappa shape index (κ2) is 50.4. The zero-order chi connectivity index (χ0) is 98.5. The number of aliphatic imine (C=N–C) groups is 1. The summed E-state index contributed by atoms with van der Waals surface area (Å²) in [5.41, 5.74) is 10.4. The number of methoxy groups -OCH3 is 3. The number of benzene rings is 6. The summed E-state index contributed by atoms with van der Waals surface area (Å²) < 4.78 is 53.0. The molecule has 8 N–H and O–H groups in total. The molecule has 738 valence electrons. The Balaban J connectivity index is 0.000000197. The van der Waals surface area contributed by atoms with Gasteiger partial charge in [0.15, 0.2) is 34.7 Å². The summed E-state index contributed by atoms with van der Waals surface area (Å²) in [6, 6.07) is 37.1. The molecule has 6 fully saturated rings. The molecule has 6 saturated heterocycles.